The van der Waals surface area contributed by atoms with Gasteiger partial charge in [0.05, 0.1) is 10.0 Å². The average Bonchev–Trinajstić information content (AvgIpc) is 3.12. The van der Waals surface area contributed by atoms with Gasteiger partial charge in [-0.05, 0) is 37.4 Å². The molecular formula is C13H17Cl2NO2. The first-order valence-corrected chi connectivity index (χ1v) is 6.88. The van der Waals surface area contributed by atoms with Crippen molar-refractivity contribution in [3.63, 3.8) is 0 Å². The van der Waals surface area contributed by atoms with Crippen LogP contribution < -0.4 is 10.1 Å². The van der Waals surface area contributed by atoms with Crippen LogP contribution in [0.2, 0.25) is 10.0 Å². The molecule has 0 bridgehead atoms. The zero-order chi connectivity index (χ0) is 13.0. The van der Waals surface area contributed by atoms with E-state index in [1.54, 1.807) is 18.2 Å². The molecule has 1 atom stereocenters. The van der Waals surface area contributed by atoms with E-state index in [-0.39, 0.29) is 6.61 Å². The van der Waals surface area contributed by atoms with E-state index in [0.29, 0.717) is 22.3 Å². The third kappa shape index (κ3) is 4.32. The second-order valence-corrected chi connectivity index (χ2v) is 5.43. The van der Waals surface area contributed by atoms with Crippen LogP contribution in [0.5, 0.6) is 5.75 Å². The van der Waals surface area contributed by atoms with E-state index in [0.717, 1.165) is 12.5 Å². The molecule has 5 heteroatoms. The van der Waals surface area contributed by atoms with E-state index in [9.17, 15) is 5.11 Å². The lowest BCUT2D eigenvalue weighted by molar-refractivity contribution is 0.106. The van der Waals surface area contributed by atoms with Gasteiger partial charge in [0.15, 0.2) is 5.75 Å². The van der Waals surface area contributed by atoms with Crippen molar-refractivity contribution in [3.8, 4) is 5.75 Å². The fourth-order valence-corrected chi connectivity index (χ4v) is 2.14. The van der Waals surface area contributed by atoms with Crippen molar-refractivity contribution in [1.29, 1.82) is 0 Å². The summed E-state index contributed by atoms with van der Waals surface area (Å²) in [6, 6.07) is 5.17. The molecule has 0 heterocycles. The normalized spacial score (nSPS) is 16.6. The fraction of sp³-hybridized carbons (Fsp3) is 0.538. The number of rotatable bonds is 7. The summed E-state index contributed by atoms with van der Waals surface area (Å²) in [5.41, 5.74) is 0. The SMILES string of the molecule is OC(CNCC1CC1)COc1c(Cl)cccc1Cl. The lowest BCUT2D eigenvalue weighted by Gasteiger charge is -2.14. The summed E-state index contributed by atoms with van der Waals surface area (Å²) in [4.78, 5) is 0. The van der Waals surface area contributed by atoms with Gasteiger partial charge < -0.3 is 15.2 Å². The van der Waals surface area contributed by atoms with Gasteiger partial charge >= 0.3 is 0 Å². The maximum atomic E-state index is 9.75. The summed E-state index contributed by atoms with van der Waals surface area (Å²) in [6.45, 7) is 1.68. The molecule has 2 rings (SSSR count). The van der Waals surface area contributed by atoms with Crippen molar-refractivity contribution in [3.05, 3.63) is 28.2 Å². The molecular weight excluding hydrogens is 273 g/mol. The third-order valence-electron chi connectivity index (χ3n) is 2.85. The van der Waals surface area contributed by atoms with Crippen LogP contribution in [0.3, 0.4) is 0 Å². The molecule has 1 aromatic carbocycles. The zero-order valence-electron chi connectivity index (χ0n) is 10.0. The lowest BCUT2D eigenvalue weighted by atomic mass is 10.3. The summed E-state index contributed by atoms with van der Waals surface area (Å²) in [5, 5.41) is 13.9. The minimum Gasteiger partial charge on any atom is -0.488 e. The molecule has 1 unspecified atom stereocenters. The Balaban J connectivity index is 1.72. The lowest BCUT2D eigenvalue weighted by Crippen LogP contribution is -2.32. The average molecular weight is 290 g/mol. The molecule has 1 aliphatic carbocycles. The number of para-hydroxylation sites is 1. The van der Waals surface area contributed by atoms with Crippen molar-refractivity contribution in [2.75, 3.05) is 19.7 Å². The Morgan fingerprint density at radius 1 is 1.33 bits per heavy atom. The van der Waals surface area contributed by atoms with Gasteiger partial charge in [-0.15, -0.1) is 0 Å². The smallest absolute Gasteiger partial charge is 0.156 e. The van der Waals surface area contributed by atoms with Crippen molar-refractivity contribution >= 4 is 23.2 Å². The van der Waals surface area contributed by atoms with E-state index in [1.165, 1.54) is 12.8 Å². The summed E-state index contributed by atoms with van der Waals surface area (Å²) in [5.74, 6) is 1.23. The molecule has 100 valence electrons. The Kier molecular flexibility index (Phi) is 5.13. The monoisotopic (exact) mass is 289 g/mol. The largest absolute Gasteiger partial charge is 0.488 e. The number of nitrogens with one attached hydrogen (secondary N) is 1. The molecule has 0 aliphatic heterocycles. The Morgan fingerprint density at radius 3 is 2.61 bits per heavy atom. The first-order chi connectivity index (χ1) is 8.66. The maximum absolute atomic E-state index is 9.75. The van der Waals surface area contributed by atoms with Crippen molar-refractivity contribution in [2.24, 2.45) is 5.92 Å². The fourth-order valence-electron chi connectivity index (χ4n) is 1.63. The van der Waals surface area contributed by atoms with Crippen molar-refractivity contribution in [2.45, 2.75) is 18.9 Å². The van der Waals surface area contributed by atoms with Crippen LogP contribution in [-0.2, 0) is 0 Å². The Morgan fingerprint density at radius 2 is 2.00 bits per heavy atom. The van der Waals surface area contributed by atoms with Gasteiger partial charge in [-0.1, -0.05) is 29.3 Å². The van der Waals surface area contributed by atoms with Crippen LogP contribution in [0.4, 0.5) is 0 Å². The molecule has 0 aromatic heterocycles. The van der Waals surface area contributed by atoms with E-state index < -0.39 is 6.10 Å². The second kappa shape index (κ2) is 6.62. The van der Waals surface area contributed by atoms with Crippen LogP contribution in [-0.4, -0.2) is 30.9 Å². The third-order valence-corrected chi connectivity index (χ3v) is 3.44. The number of ether oxygens (including phenoxy) is 1. The molecule has 0 saturated heterocycles. The van der Waals surface area contributed by atoms with Gasteiger partial charge in [-0.25, -0.2) is 0 Å². The predicted molar refractivity (Wildman–Crippen MR) is 73.6 cm³/mol. The highest BCUT2D eigenvalue weighted by Gasteiger charge is 2.20. The van der Waals surface area contributed by atoms with E-state index in [2.05, 4.69) is 5.32 Å². The van der Waals surface area contributed by atoms with Gasteiger partial charge in [-0.2, -0.15) is 0 Å². The summed E-state index contributed by atoms with van der Waals surface area (Å²) < 4.78 is 5.45. The van der Waals surface area contributed by atoms with Gasteiger partial charge in [0.25, 0.3) is 0 Å². The quantitative estimate of drug-likeness (QED) is 0.811. The Hall–Kier alpha value is -0.480. The maximum Gasteiger partial charge on any atom is 0.156 e. The highest BCUT2D eigenvalue weighted by atomic mass is 35.5. The standard InChI is InChI=1S/C13H17Cl2NO2/c14-11-2-1-3-12(15)13(11)18-8-10(17)7-16-6-9-4-5-9/h1-3,9-10,16-17H,4-8H2. The molecule has 1 fully saturated rings. The first-order valence-electron chi connectivity index (χ1n) is 6.12. The predicted octanol–water partition coefficient (Wildman–Crippen LogP) is 2.73. The van der Waals surface area contributed by atoms with Crippen LogP contribution in [0.1, 0.15) is 12.8 Å². The van der Waals surface area contributed by atoms with E-state index in [4.69, 9.17) is 27.9 Å². The summed E-state index contributed by atoms with van der Waals surface area (Å²) in [6.07, 6.45) is 2.04. The molecule has 1 aromatic rings. The van der Waals surface area contributed by atoms with Crippen LogP contribution in [0.15, 0.2) is 18.2 Å². The van der Waals surface area contributed by atoms with Gasteiger partial charge in [-0.3, -0.25) is 0 Å². The molecule has 18 heavy (non-hydrogen) atoms. The number of aliphatic hydroxyl groups is 1. The molecule has 2 N–H and O–H groups in total. The summed E-state index contributed by atoms with van der Waals surface area (Å²) >= 11 is 11.9. The molecule has 0 radical (unpaired) electrons. The molecule has 3 nitrogen and oxygen atoms in total. The van der Waals surface area contributed by atoms with Crippen LogP contribution in [0.25, 0.3) is 0 Å². The van der Waals surface area contributed by atoms with Crippen molar-refractivity contribution in [1.82, 2.24) is 5.32 Å². The number of benzene rings is 1. The van der Waals surface area contributed by atoms with Gasteiger partial charge in [0, 0.05) is 6.54 Å². The number of halogens is 2. The molecule has 0 amide bonds. The minimum absolute atomic E-state index is 0.182. The molecule has 1 saturated carbocycles. The number of hydrogen-bond acceptors (Lipinski definition) is 3. The molecule has 1 aliphatic rings. The van der Waals surface area contributed by atoms with Crippen LogP contribution >= 0.6 is 23.2 Å². The summed E-state index contributed by atoms with van der Waals surface area (Å²) in [7, 11) is 0. The Labute approximate surface area is 117 Å². The van der Waals surface area contributed by atoms with E-state index >= 15 is 0 Å². The first kappa shape index (κ1) is 13.9. The highest BCUT2D eigenvalue weighted by Crippen LogP contribution is 2.32. The van der Waals surface area contributed by atoms with E-state index in [1.807, 2.05) is 0 Å². The minimum atomic E-state index is -0.559. The van der Waals surface area contributed by atoms with Gasteiger partial charge in [0.2, 0.25) is 0 Å². The molecule has 0 spiro atoms. The topological polar surface area (TPSA) is 41.5 Å². The van der Waals surface area contributed by atoms with Crippen molar-refractivity contribution < 1.29 is 9.84 Å². The second-order valence-electron chi connectivity index (χ2n) is 4.62. The number of aliphatic hydroxyl groups excluding tert-OH is 1. The highest BCUT2D eigenvalue weighted by molar-refractivity contribution is 6.37. The number of hydrogen-bond donors (Lipinski definition) is 2. The zero-order valence-corrected chi connectivity index (χ0v) is 11.5. The Bertz CT molecular complexity index is 376. The van der Waals surface area contributed by atoms with Crippen LogP contribution in [0, 0.1) is 5.92 Å². The van der Waals surface area contributed by atoms with Gasteiger partial charge in [0.1, 0.15) is 12.7 Å².